The van der Waals surface area contributed by atoms with Crippen LogP contribution < -0.4 is 5.32 Å². The van der Waals surface area contributed by atoms with Crippen molar-refractivity contribution in [2.24, 2.45) is 5.11 Å². The third kappa shape index (κ3) is 3.51. The lowest BCUT2D eigenvalue weighted by atomic mass is 10.2. The summed E-state index contributed by atoms with van der Waals surface area (Å²) in [6, 6.07) is 6.31. The van der Waals surface area contributed by atoms with Gasteiger partial charge in [-0.25, -0.2) is 0 Å². The van der Waals surface area contributed by atoms with E-state index < -0.39 is 0 Å². The number of nitrogens with zero attached hydrogens (tertiary/aromatic N) is 3. The highest BCUT2D eigenvalue weighted by atomic mass is 16.3. The van der Waals surface area contributed by atoms with Crippen LogP contribution in [0.4, 0.5) is 0 Å². The fraction of sp³-hybridized carbons (Fsp3) is 0.300. The zero-order chi connectivity index (χ0) is 11.8. The molecule has 1 amide bonds. The van der Waals surface area contributed by atoms with E-state index in [9.17, 15) is 9.90 Å². The average molecular weight is 220 g/mol. The molecule has 0 aromatic heterocycles. The van der Waals surface area contributed by atoms with Crippen LogP contribution in [0.5, 0.6) is 5.75 Å². The Kier molecular flexibility index (Phi) is 4.69. The van der Waals surface area contributed by atoms with Crippen molar-refractivity contribution < 1.29 is 9.90 Å². The zero-order valence-electron chi connectivity index (χ0n) is 8.63. The van der Waals surface area contributed by atoms with Crippen LogP contribution in [0.15, 0.2) is 29.4 Å². The number of hydrogen-bond donors (Lipinski definition) is 2. The summed E-state index contributed by atoms with van der Waals surface area (Å²) in [6.45, 7) is 0.754. The fourth-order valence-electron chi connectivity index (χ4n) is 1.16. The van der Waals surface area contributed by atoms with Crippen molar-refractivity contribution in [3.8, 4) is 5.75 Å². The molecule has 0 saturated heterocycles. The van der Waals surface area contributed by atoms with E-state index in [1.54, 1.807) is 12.1 Å². The number of phenols is 1. The SMILES string of the molecule is [N-]=[N+]=NCCCNC(=O)c1ccccc1O. The molecule has 1 aromatic rings. The van der Waals surface area contributed by atoms with Crippen LogP contribution in [0.25, 0.3) is 10.4 Å². The topological polar surface area (TPSA) is 98.1 Å². The molecule has 0 aliphatic rings. The number of aromatic hydroxyl groups is 1. The molecule has 0 atom stereocenters. The Morgan fingerprint density at radius 1 is 1.50 bits per heavy atom. The van der Waals surface area contributed by atoms with Crippen LogP contribution in [0, 0.1) is 0 Å². The van der Waals surface area contributed by atoms with Crippen LogP contribution in [0.2, 0.25) is 0 Å². The second-order valence-corrected chi connectivity index (χ2v) is 3.08. The number of phenolic OH excluding ortho intramolecular Hbond substituents is 1. The second-order valence-electron chi connectivity index (χ2n) is 3.08. The number of hydrogen-bond acceptors (Lipinski definition) is 3. The molecule has 0 heterocycles. The third-order valence-electron chi connectivity index (χ3n) is 1.93. The Morgan fingerprint density at radius 2 is 2.25 bits per heavy atom. The van der Waals surface area contributed by atoms with Gasteiger partial charge in [0.25, 0.3) is 5.91 Å². The minimum Gasteiger partial charge on any atom is -0.507 e. The monoisotopic (exact) mass is 220 g/mol. The minimum absolute atomic E-state index is 0.0463. The van der Waals surface area contributed by atoms with Gasteiger partial charge >= 0.3 is 0 Å². The molecule has 84 valence electrons. The van der Waals surface area contributed by atoms with Gasteiger partial charge in [-0.1, -0.05) is 17.2 Å². The van der Waals surface area contributed by atoms with E-state index in [0.717, 1.165) is 0 Å². The van der Waals surface area contributed by atoms with Gasteiger partial charge in [0.05, 0.1) is 5.56 Å². The second kappa shape index (κ2) is 6.31. The first-order valence-electron chi connectivity index (χ1n) is 4.82. The van der Waals surface area contributed by atoms with Crippen molar-refractivity contribution in [1.82, 2.24) is 5.32 Å². The molecule has 1 rings (SSSR count). The summed E-state index contributed by atoms with van der Waals surface area (Å²) < 4.78 is 0. The van der Waals surface area contributed by atoms with Crippen molar-refractivity contribution in [1.29, 1.82) is 0 Å². The van der Waals surface area contributed by atoms with Gasteiger partial charge in [-0.3, -0.25) is 4.79 Å². The Bertz CT molecular complexity index is 413. The molecule has 6 heteroatoms. The Hall–Kier alpha value is -2.20. The maximum atomic E-state index is 11.5. The van der Waals surface area contributed by atoms with Crippen LogP contribution in [-0.4, -0.2) is 24.1 Å². The number of azide groups is 1. The molecular weight excluding hydrogens is 208 g/mol. The number of nitrogens with one attached hydrogen (secondary N) is 1. The van der Waals surface area contributed by atoms with Gasteiger partial charge in [-0.05, 0) is 24.1 Å². The van der Waals surface area contributed by atoms with Crippen molar-refractivity contribution in [2.45, 2.75) is 6.42 Å². The number of para-hydroxylation sites is 1. The predicted molar refractivity (Wildman–Crippen MR) is 59.1 cm³/mol. The summed E-state index contributed by atoms with van der Waals surface area (Å²) in [4.78, 5) is 14.1. The van der Waals surface area contributed by atoms with E-state index in [-0.39, 0.29) is 17.2 Å². The van der Waals surface area contributed by atoms with E-state index in [2.05, 4.69) is 15.3 Å². The highest BCUT2D eigenvalue weighted by Crippen LogP contribution is 2.14. The van der Waals surface area contributed by atoms with E-state index in [1.807, 2.05) is 0 Å². The molecule has 0 spiro atoms. The summed E-state index contributed by atoms with van der Waals surface area (Å²) in [7, 11) is 0. The number of carbonyl (C=O) groups is 1. The molecule has 0 radical (unpaired) electrons. The number of benzene rings is 1. The van der Waals surface area contributed by atoms with Crippen LogP contribution >= 0.6 is 0 Å². The molecule has 0 aliphatic carbocycles. The first-order chi connectivity index (χ1) is 7.75. The van der Waals surface area contributed by atoms with Gasteiger partial charge < -0.3 is 10.4 Å². The summed E-state index contributed by atoms with van der Waals surface area (Å²) in [6.07, 6.45) is 0.573. The van der Waals surface area contributed by atoms with Crippen LogP contribution in [0.1, 0.15) is 16.8 Å². The molecule has 0 unspecified atom stereocenters. The quantitative estimate of drug-likeness (QED) is 0.342. The van der Waals surface area contributed by atoms with Crippen LogP contribution in [-0.2, 0) is 0 Å². The largest absolute Gasteiger partial charge is 0.507 e. The smallest absolute Gasteiger partial charge is 0.255 e. The molecule has 0 bridgehead atoms. The molecule has 16 heavy (non-hydrogen) atoms. The lowest BCUT2D eigenvalue weighted by molar-refractivity contribution is 0.0951. The number of carbonyl (C=O) groups excluding carboxylic acids is 1. The van der Waals surface area contributed by atoms with Crippen molar-refractivity contribution in [3.63, 3.8) is 0 Å². The summed E-state index contributed by atoms with van der Waals surface area (Å²) in [5, 5.41) is 15.3. The Labute approximate surface area is 92.5 Å². The number of rotatable bonds is 5. The maximum Gasteiger partial charge on any atom is 0.255 e. The number of amides is 1. The fourth-order valence-corrected chi connectivity index (χ4v) is 1.16. The Morgan fingerprint density at radius 3 is 2.94 bits per heavy atom. The van der Waals surface area contributed by atoms with Gasteiger partial charge in [-0.15, -0.1) is 0 Å². The molecular formula is C10H12N4O2. The van der Waals surface area contributed by atoms with E-state index in [1.165, 1.54) is 12.1 Å². The van der Waals surface area contributed by atoms with Crippen LogP contribution in [0.3, 0.4) is 0 Å². The van der Waals surface area contributed by atoms with Crippen molar-refractivity contribution in [3.05, 3.63) is 40.3 Å². The predicted octanol–water partition coefficient (Wildman–Crippen LogP) is 1.82. The molecule has 0 aliphatic heterocycles. The lowest BCUT2D eigenvalue weighted by Crippen LogP contribution is -2.24. The first kappa shape index (κ1) is 11.9. The molecule has 6 nitrogen and oxygen atoms in total. The third-order valence-corrected chi connectivity index (χ3v) is 1.93. The summed E-state index contributed by atoms with van der Waals surface area (Å²) in [5.41, 5.74) is 8.27. The highest BCUT2D eigenvalue weighted by molar-refractivity contribution is 5.96. The van der Waals surface area contributed by atoms with Gasteiger partial charge in [0.2, 0.25) is 0 Å². The van der Waals surface area contributed by atoms with E-state index in [0.29, 0.717) is 19.5 Å². The zero-order valence-corrected chi connectivity index (χ0v) is 8.63. The molecule has 0 saturated carbocycles. The van der Waals surface area contributed by atoms with Gasteiger partial charge in [-0.2, -0.15) is 0 Å². The van der Waals surface area contributed by atoms with Crippen molar-refractivity contribution in [2.75, 3.05) is 13.1 Å². The maximum absolute atomic E-state index is 11.5. The molecule has 0 fully saturated rings. The Balaban J connectivity index is 2.41. The standard InChI is InChI=1S/C10H12N4O2/c11-14-13-7-3-6-12-10(16)8-4-1-2-5-9(8)15/h1-2,4-5,15H,3,6-7H2,(H,12,16). The summed E-state index contributed by atoms with van der Waals surface area (Å²) >= 11 is 0. The first-order valence-corrected chi connectivity index (χ1v) is 4.82. The van der Waals surface area contributed by atoms with Gasteiger partial charge in [0.15, 0.2) is 0 Å². The minimum atomic E-state index is -0.334. The van der Waals surface area contributed by atoms with Gasteiger partial charge in [0.1, 0.15) is 5.75 Å². The lowest BCUT2D eigenvalue weighted by Gasteiger charge is -2.05. The average Bonchev–Trinajstić information content (AvgIpc) is 2.29. The van der Waals surface area contributed by atoms with E-state index >= 15 is 0 Å². The highest BCUT2D eigenvalue weighted by Gasteiger charge is 2.08. The normalized spacial score (nSPS) is 9.25. The van der Waals surface area contributed by atoms with Crippen molar-refractivity contribution >= 4 is 5.91 Å². The summed E-state index contributed by atoms with van der Waals surface area (Å²) in [5.74, 6) is -0.380. The molecule has 1 aromatic carbocycles. The van der Waals surface area contributed by atoms with Gasteiger partial charge in [0, 0.05) is 18.0 Å². The van der Waals surface area contributed by atoms with E-state index in [4.69, 9.17) is 5.53 Å². The molecule has 2 N–H and O–H groups in total.